The summed E-state index contributed by atoms with van der Waals surface area (Å²) in [6.07, 6.45) is 4.81. The largest absolute Gasteiger partial charge is 0.496 e. The van der Waals surface area contributed by atoms with Crippen molar-refractivity contribution in [2.75, 3.05) is 27.2 Å². The molecule has 4 rings (SSSR count). The molecular weight excluding hydrogens is 338 g/mol. The molecule has 0 spiro atoms. The minimum Gasteiger partial charge on any atom is -0.496 e. The maximum absolute atomic E-state index is 5.59. The molecule has 1 aromatic heterocycles. The van der Waals surface area contributed by atoms with Gasteiger partial charge in [0.2, 0.25) is 0 Å². The van der Waals surface area contributed by atoms with Crippen molar-refractivity contribution in [3.8, 4) is 5.75 Å². The summed E-state index contributed by atoms with van der Waals surface area (Å²) >= 11 is 1.83. The molecule has 0 unspecified atom stereocenters. The number of rotatable bonds is 6. The Balaban J connectivity index is 1.40. The SMILES string of the molecule is COc1cccc2c1CCC[C@H]2CN(C)CCc1ccc2ccsc2c1. The van der Waals surface area contributed by atoms with Crippen LogP contribution in [0, 0.1) is 0 Å². The fourth-order valence-electron chi connectivity index (χ4n) is 4.24. The highest BCUT2D eigenvalue weighted by atomic mass is 32.1. The smallest absolute Gasteiger partial charge is 0.122 e. The van der Waals surface area contributed by atoms with Crippen molar-refractivity contribution in [1.82, 2.24) is 4.90 Å². The maximum Gasteiger partial charge on any atom is 0.122 e. The van der Waals surface area contributed by atoms with Gasteiger partial charge in [-0.25, -0.2) is 0 Å². The zero-order chi connectivity index (χ0) is 17.9. The lowest BCUT2D eigenvalue weighted by atomic mass is 9.82. The van der Waals surface area contributed by atoms with E-state index in [2.05, 4.69) is 59.8 Å². The Morgan fingerprint density at radius 3 is 3.00 bits per heavy atom. The van der Waals surface area contributed by atoms with Gasteiger partial charge in [-0.3, -0.25) is 0 Å². The van der Waals surface area contributed by atoms with Gasteiger partial charge in [0.15, 0.2) is 0 Å². The fourth-order valence-corrected chi connectivity index (χ4v) is 5.09. The second kappa shape index (κ2) is 7.81. The first kappa shape index (κ1) is 17.6. The minimum absolute atomic E-state index is 0.624. The number of hydrogen-bond donors (Lipinski definition) is 0. The summed E-state index contributed by atoms with van der Waals surface area (Å²) < 4.78 is 6.99. The summed E-state index contributed by atoms with van der Waals surface area (Å²) in [5, 5.41) is 3.54. The Hall–Kier alpha value is -1.84. The van der Waals surface area contributed by atoms with Crippen LogP contribution in [0.5, 0.6) is 5.75 Å². The number of benzene rings is 2. The van der Waals surface area contributed by atoms with Crippen molar-refractivity contribution >= 4 is 21.4 Å². The number of likely N-dealkylation sites (N-methyl/N-ethyl adjacent to an activating group) is 1. The van der Waals surface area contributed by atoms with E-state index < -0.39 is 0 Å². The maximum atomic E-state index is 5.59. The van der Waals surface area contributed by atoms with Gasteiger partial charge in [0, 0.05) is 17.8 Å². The molecule has 0 aliphatic heterocycles. The summed E-state index contributed by atoms with van der Waals surface area (Å²) in [5.74, 6) is 1.69. The van der Waals surface area contributed by atoms with Gasteiger partial charge in [-0.05, 0) is 84.3 Å². The first-order chi connectivity index (χ1) is 12.7. The van der Waals surface area contributed by atoms with Gasteiger partial charge >= 0.3 is 0 Å². The highest BCUT2D eigenvalue weighted by Crippen LogP contribution is 2.36. The Morgan fingerprint density at radius 1 is 1.19 bits per heavy atom. The van der Waals surface area contributed by atoms with Crippen LogP contribution >= 0.6 is 11.3 Å². The van der Waals surface area contributed by atoms with Crippen LogP contribution in [0.1, 0.15) is 35.4 Å². The minimum atomic E-state index is 0.624. The van der Waals surface area contributed by atoms with Gasteiger partial charge in [0.25, 0.3) is 0 Å². The number of ether oxygens (including phenoxy) is 1. The quantitative estimate of drug-likeness (QED) is 0.571. The molecule has 2 aromatic carbocycles. The monoisotopic (exact) mass is 365 g/mol. The van der Waals surface area contributed by atoms with E-state index in [1.807, 2.05) is 11.3 Å². The van der Waals surface area contributed by atoms with Crippen LogP contribution in [-0.2, 0) is 12.8 Å². The van der Waals surface area contributed by atoms with Crippen molar-refractivity contribution in [2.45, 2.75) is 31.6 Å². The second-order valence-corrected chi connectivity index (χ2v) is 8.37. The molecule has 0 N–H and O–H groups in total. The van der Waals surface area contributed by atoms with Crippen LogP contribution in [0.4, 0.5) is 0 Å². The average Bonchev–Trinajstić information content (AvgIpc) is 3.14. The molecule has 3 aromatic rings. The zero-order valence-corrected chi connectivity index (χ0v) is 16.5. The molecule has 0 amide bonds. The molecule has 1 aliphatic carbocycles. The Bertz CT molecular complexity index is 885. The Kier molecular flexibility index (Phi) is 5.28. The highest BCUT2D eigenvalue weighted by Gasteiger charge is 2.23. The Morgan fingerprint density at radius 2 is 2.12 bits per heavy atom. The number of fused-ring (bicyclic) bond motifs is 2. The second-order valence-electron chi connectivity index (χ2n) is 7.42. The first-order valence-electron chi connectivity index (χ1n) is 9.55. The first-order valence-corrected chi connectivity index (χ1v) is 10.4. The average molecular weight is 366 g/mol. The molecule has 1 atom stereocenters. The highest BCUT2D eigenvalue weighted by molar-refractivity contribution is 7.17. The van der Waals surface area contributed by atoms with E-state index in [0.717, 1.165) is 31.7 Å². The fraction of sp³-hybridized carbons (Fsp3) is 0.391. The third-order valence-electron chi connectivity index (χ3n) is 5.64. The van der Waals surface area contributed by atoms with E-state index in [4.69, 9.17) is 4.74 Å². The van der Waals surface area contributed by atoms with Crippen LogP contribution in [0.3, 0.4) is 0 Å². The van der Waals surface area contributed by atoms with Gasteiger partial charge in [0.05, 0.1) is 7.11 Å². The molecule has 3 heteroatoms. The van der Waals surface area contributed by atoms with Crippen molar-refractivity contribution in [1.29, 1.82) is 0 Å². The van der Waals surface area contributed by atoms with Crippen molar-refractivity contribution in [3.63, 3.8) is 0 Å². The summed E-state index contributed by atoms with van der Waals surface area (Å²) in [6.45, 7) is 2.23. The van der Waals surface area contributed by atoms with Crippen LogP contribution < -0.4 is 4.74 Å². The third-order valence-corrected chi connectivity index (χ3v) is 6.52. The zero-order valence-electron chi connectivity index (χ0n) is 15.7. The van der Waals surface area contributed by atoms with Crippen molar-refractivity contribution < 1.29 is 4.74 Å². The van der Waals surface area contributed by atoms with E-state index >= 15 is 0 Å². The number of methoxy groups -OCH3 is 1. The molecular formula is C23H27NOS. The van der Waals surface area contributed by atoms with Crippen LogP contribution in [0.15, 0.2) is 47.8 Å². The normalized spacial score (nSPS) is 16.8. The molecule has 0 radical (unpaired) electrons. The summed E-state index contributed by atoms with van der Waals surface area (Å²) in [6, 6.07) is 15.6. The van der Waals surface area contributed by atoms with Crippen molar-refractivity contribution in [2.24, 2.45) is 0 Å². The van der Waals surface area contributed by atoms with Crippen molar-refractivity contribution in [3.05, 3.63) is 64.5 Å². The molecule has 0 saturated carbocycles. The lowest BCUT2D eigenvalue weighted by Crippen LogP contribution is -2.28. The Labute approximate surface area is 160 Å². The van der Waals surface area contributed by atoms with Crippen LogP contribution in [0.2, 0.25) is 0 Å². The topological polar surface area (TPSA) is 12.5 Å². The molecule has 2 nitrogen and oxygen atoms in total. The molecule has 136 valence electrons. The van der Waals surface area contributed by atoms with E-state index in [9.17, 15) is 0 Å². The van der Waals surface area contributed by atoms with E-state index in [0.29, 0.717) is 5.92 Å². The molecule has 0 bridgehead atoms. The van der Waals surface area contributed by atoms with E-state index in [1.165, 1.54) is 39.6 Å². The van der Waals surface area contributed by atoms with Gasteiger partial charge in [-0.2, -0.15) is 0 Å². The molecule has 26 heavy (non-hydrogen) atoms. The van der Waals surface area contributed by atoms with Crippen LogP contribution in [0.25, 0.3) is 10.1 Å². The third kappa shape index (κ3) is 3.65. The predicted octanol–water partition coefficient (Wildman–Crippen LogP) is 5.50. The number of nitrogens with zero attached hydrogens (tertiary/aromatic N) is 1. The predicted molar refractivity (Wildman–Crippen MR) is 112 cm³/mol. The summed E-state index contributed by atoms with van der Waals surface area (Å²) in [7, 11) is 4.05. The summed E-state index contributed by atoms with van der Waals surface area (Å²) in [5.41, 5.74) is 4.38. The van der Waals surface area contributed by atoms with Crippen LogP contribution in [-0.4, -0.2) is 32.1 Å². The van der Waals surface area contributed by atoms with Gasteiger partial charge in [0.1, 0.15) is 5.75 Å². The summed E-state index contributed by atoms with van der Waals surface area (Å²) in [4.78, 5) is 2.50. The lowest BCUT2D eigenvalue weighted by Gasteiger charge is -2.30. The molecule has 0 saturated heterocycles. The van der Waals surface area contributed by atoms with Gasteiger partial charge in [-0.15, -0.1) is 11.3 Å². The number of thiophene rings is 1. The van der Waals surface area contributed by atoms with E-state index in [1.54, 1.807) is 7.11 Å². The van der Waals surface area contributed by atoms with Gasteiger partial charge < -0.3 is 9.64 Å². The molecule has 1 aliphatic rings. The number of hydrogen-bond acceptors (Lipinski definition) is 3. The molecule has 0 fully saturated rings. The molecule has 1 heterocycles. The van der Waals surface area contributed by atoms with Gasteiger partial charge in [-0.1, -0.05) is 24.3 Å². The standard InChI is InChI=1S/C23H27NOS/c1-24(13-11-17-9-10-18-12-14-26-23(18)15-17)16-19-5-3-7-21-20(19)6-4-8-22(21)25-2/h4,6,8-10,12,14-15,19H,3,5,7,11,13,16H2,1-2H3/t19-/m0/s1. The lowest BCUT2D eigenvalue weighted by molar-refractivity contribution is 0.299. The van der Waals surface area contributed by atoms with E-state index in [-0.39, 0.29) is 0 Å².